The van der Waals surface area contributed by atoms with Crippen molar-refractivity contribution < 1.29 is 9.13 Å². The van der Waals surface area contributed by atoms with Crippen LogP contribution in [0.2, 0.25) is 0 Å². The molecular weight excluding hydrogens is 227 g/mol. The van der Waals surface area contributed by atoms with Gasteiger partial charge in [-0.25, -0.2) is 4.39 Å². The van der Waals surface area contributed by atoms with Gasteiger partial charge in [-0.05, 0) is 53.4 Å². The number of benzene rings is 2. The van der Waals surface area contributed by atoms with Crippen LogP contribution in [0.25, 0.3) is 10.8 Å². The smallest absolute Gasteiger partial charge is 0.124 e. The van der Waals surface area contributed by atoms with E-state index < -0.39 is 0 Å². The molecule has 2 aromatic rings. The average Bonchev–Trinajstić information content (AvgIpc) is 2.38. The molecule has 1 nitrogen and oxygen atoms in total. The molecule has 0 unspecified atom stereocenters. The zero-order chi connectivity index (χ0) is 13.0. The maximum Gasteiger partial charge on any atom is 0.124 e. The molecule has 0 aliphatic heterocycles. The Labute approximate surface area is 108 Å². The predicted octanol–water partition coefficient (Wildman–Crippen LogP) is 4.72. The van der Waals surface area contributed by atoms with Crippen molar-refractivity contribution in [1.82, 2.24) is 0 Å². The lowest BCUT2D eigenvalue weighted by Crippen LogP contribution is -1.91. The maximum atomic E-state index is 13.6. The SMILES string of the molecule is CCCCCc1cc(F)cc2ccc(OC)cc12. The molecule has 0 aliphatic rings. The van der Waals surface area contributed by atoms with Crippen LogP contribution in [0.15, 0.2) is 30.3 Å². The molecule has 0 fully saturated rings. The minimum Gasteiger partial charge on any atom is -0.497 e. The number of fused-ring (bicyclic) bond motifs is 1. The molecule has 0 aromatic heterocycles. The molecule has 0 saturated carbocycles. The maximum absolute atomic E-state index is 13.6. The summed E-state index contributed by atoms with van der Waals surface area (Å²) in [6, 6.07) is 9.02. The number of halogens is 1. The standard InChI is InChI=1S/C16H19FO/c1-3-4-5-6-12-9-14(17)10-13-7-8-15(18-2)11-16(12)13/h7-11H,3-6H2,1-2H3. The van der Waals surface area contributed by atoms with Crippen LogP contribution in [0.3, 0.4) is 0 Å². The highest BCUT2D eigenvalue weighted by Gasteiger charge is 2.05. The first-order valence-electron chi connectivity index (χ1n) is 6.50. The molecule has 0 aliphatic carbocycles. The van der Waals surface area contributed by atoms with Gasteiger partial charge in [-0.1, -0.05) is 25.8 Å². The average molecular weight is 246 g/mol. The monoisotopic (exact) mass is 246 g/mol. The lowest BCUT2D eigenvalue weighted by Gasteiger charge is -2.09. The second-order valence-electron chi connectivity index (χ2n) is 4.61. The number of unbranched alkanes of at least 4 members (excludes halogenated alkanes) is 2. The van der Waals surface area contributed by atoms with Crippen molar-refractivity contribution in [1.29, 1.82) is 0 Å². The topological polar surface area (TPSA) is 9.23 Å². The van der Waals surface area contributed by atoms with E-state index in [0.717, 1.165) is 34.9 Å². The zero-order valence-corrected chi connectivity index (χ0v) is 11.0. The summed E-state index contributed by atoms with van der Waals surface area (Å²) in [5.41, 5.74) is 1.08. The minimum atomic E-state index is -0.154. The van der Waals surface area contributed by atoms with Gasteiger partial charge in [-0.15, -0.1) is 0 Å². The summed E-state index contributed by atoms with van der Waals surface area (Å²) in [4.78, 5) is 0. The molecule has 2 rings (SSSR count). The van der Waals surface area contributed by atoms with Crippen LogP contribution in [0.5, 0.6) is 5.75 Å². The van der Waals surface area contributed by atoms with Crippen LogP contribution in [-0.4, -0.2) is 7.11 Å². The van der Waals surface area contributed by atoms with Gasteiger partial charge in [0.15, 0.2) is 0 Å². The van der Waals surface area contributed by atoms with Crippen LogP contribution >= 0.6 is 0 Å². The number of hydrogen-bond acceptors (Lipinski definition) is 1. The number of aryl methyl sites for hydroxylation is 1. The minimum absolute atomic E-state index is 0.154. The quantitative estimate of drug-likeness (QED) is 0.693. The van der Waals surface area contributed by atoms with E-state index in [4.69, 9.17) is 4.74 Å². The molecule has 0 radical (unpaired) electrons. The molecule has 0 amide bonds. The molecule has 2 aromatic carbocycles. The van der Waals surface area contributed by atoms with E-state index in [0.29, 0.717) is 0 Å². The first-order valence-corrected chi connectivity index (χ1v) is 6.50. The summed E-state index contributed by atoms with van der Waals surface area (Å²) < 4.78 is 18.8. The lowest BCUT2D eigenvalue weighted by atomic mass is 9.99. The van der Waals surface area contributed by atoms with Crippen molar-refractivity contribution in [3.05, 3.63) is 41.7 Å². The van der Waals surface area contributed by atoms with Gasteiger partial charge in [-0.3, -0.25) is 0 Å². The van der Waals surface area contributed by atoms with Crippen LogP contribution in [-0.2, 0) is 6.42 Å². The van der Waals surface area contributed by atoms with Crippen molar-refractivity contribution in [2.75, 3.05) is 7.11 Å². The van der Waals surface area contributed by atoms with Crippen LogP contribution < -0.4 is 4.74 Å². The third-order valence-electron chi connectivity index (χ3n) is 3.26. The molecule has 18 heavy (non-hydrogen) atoms. The van der Waals surface area contributed by atoms with Crippen molar-refractivity contribution in [3.8, 4) is 5.75 Å². The molecule has 0 saturated heterocycles. The zero-order valence-electron chi connectivity index (χ0n) is 11.0. The molecule has 0 heterocycles. The molecule has 0 spiro atoms. The summed E-state index contributed by atoms with van der Waals surface area (Å²) in [5.74, 6) is 0.671. The van der Waals surface area contributed by atoms with E-state index >= 15 is 0 Å². The van der Waals surface area contributed by atoms with Gasteiger partial charge >= 0.3 is 0 Å². The molecule has 0 atom stereocenters. The summed E-state index contributed by atoms with van der Waals surface area (Å²) in [6.07, 6.45) is 4.39. The number of methoxy groups -OCH3 is 1. The van der Waals surface area contributed by atoms with Crippen molar-refractivity contribution in [3.63, 3.8) is 0 Å². The van der Waals surface area contributed by atoms with E-state index in [1.807, 2.05) is 18.2 Å². The highest BCUT2D eigenvalue weighted by molar-refractivity contribution is 5.87. The predicted molar refractivity (Wildman–Crippen MR) is 73.7 cm³/mol. The van der Waals surface area contributed by atoms with Gasteiger partial charge in [0, 0.05) is 0 Å². The van der Waals surface area contributed by atoms with E-state index in [1.54, 1.807) is 19.2 Å². The van der Waals surface area contributed by atoms with Gasteiger partial charge in [-0.2, -0.15) is 0 Å². The van der Waals surface area contributed by atoms with E-state index in [9.17, 15) is 4.39 Å². The fourth-order valence-electron chi connectivity index (χ4n) is 2.27. The molecular formula is C16H19FO. The van der Waals surface area contributed by atoms with Crippen LogP contribution in [0, 0.1) is 5.82 Å². The first-order chi connectivity index (χ1) is 8.74. The summed E-state index contributed by atoms with van der Waals surface area (Å²) in [5, 5.41) is 2.05. The molecule has 0 N–H and O–H groups in total. The van der Waals surface area contributed by atoms with Gasteiger partial charge < -0.3 is 4.74 Å². The fourth-order valence-corrected chi connectivity index (χ4v) is 2.27. The van der Waals surface area contributed by atoms with Gasteiger partial charge in [0.05, 0.1) is 7.11 Å². The van der Waals surface area contributed by atoms with Crippen molar-refractivity contribution in [2.45, 2.75) is 32.6 Å². The van der Waals surface area contributed by atoms with E-state index in [1.165, 1.54) is 12.8 Å². The Bertz CT molecular complexity index is 534. The second kappa shape index (κ2) is 5.85. The molecule has 96 valence electrons. The summed E-state index contributed by atoms with van der Waals surface area (Å²) in [6.45, 7) is 2.17. The Morgan fingerprint density at radius 2 is 1.94 bits per heavy atom. The van der Waals surface area contributed by atoms with Crippen molar-refractivity contribution >= 4 is 10.8 Å². The third-order valence-corrected chi connectivity index (χ3v) is 3.26. The van der Waals surface area contributed by atoms with Crippen LogP contribution in [0.4, 0.5) is 4.39 Å². The third kappa shape index (κ3) is 2.81. The Balaban J connectivity index is 2.41. The Hall–Kier alpha value is -1.57. The van der Waals surface area contributed by atoms with Crippen LogP contribution in [0.1, 0.15) is 31.7 Å². The normalized spacial score (nSPS) is 10.8. The Kier molecular flexibility index (Phi) is 4.19. The lowest BCUT2D eigenvalue weighted by molar-refractivity contribution is 0.415. The number of rotatable bonds is 5. The van der Waals surface area contributed by atoms with Gasteiger partial charge in [0.25, 0.3) is 0 Å². The second-order valence-corrected chi connectivity index (χ2v) is 4.61. The first kappa shape index (κ1) is 12.9. The highest BCUT2D eigenvalue weighted by Crippen LogP contribution is 2.26. The highest BCUT2D eigenvalue weighted by atomic mass is 19.1. The summed E-state index contributed by atoms with van der Waals surface area (Å²) >= 11 is 0. The summed E-state index contributed by atoms with van der Waals surface area (Å²) in [7, 11) is 1.65. The number of ether oxygens (including phenoxy) is 1. The van der Waals surface area contributed by atoms with E-state index in [-0.39, 0.29) is 5.82 Å². The van der Waals surface area contributed by atoms with Crippen molar-refractivity contribution in [2.24, 2.45) is 0 Å². The largest absolute Gasteiger partial charge is 0.497 e. The Morgan fingerprint density at radius 1 is 1.11 bits per heavy atom. The van der Waals surface area contributed by atoms with Gasteiger partial charge in [0.1, 0.15) is 11.6 Å². The molecule has 2 heteroatoms. The Morgan fingerprint density at radius 3 is 2.67 bits per heavy atom. The fraction of sp³-hybridized carbons (Fsp3) is 0.375. The number of hydrogen-bond donors (Lipinski definition) is 0. The molecule has 0 bridgehead atoms. The van der Waals surface area contributed by atoms with Gasteiger partial charge in [0.2, 0.25) is 0 Å². The van der Waals surface area contributed by atoms with E-state index in [2.05, 4.69) is 6.92 Å².